The molecule has 0 aliphatic rings. The van der Waals surface area contributed by atoms with E-state index >= 15 is 0 Å². The molecule has 9 rings (SSSR count). The van der Waals surface area contributed by atoms with Crippen LogP contribution in [0.2, 0.25) is 0 Å². The maximum Gasteiger partial charge on any atom is 1.00 e. The molecular formula is C54H40Au2P2+2. The molecule has 0 atom stereocenters. The van der Waals surface area contributed by atoms with Crippen molar-refractivity contribution in [1.29, 1.82) is 0 Å². The van der Waals surface area contributed by atoms with Gasteiger partial charge in [-0.25, -0.2) is 0 Å². The SMILES string of the molecule is [Au+].[Au+].[C-]#Cc1ccc2ccccc2c1.[C-]#Cc1ccc2ccccc2c1.c1ccc([PH+](c2ccccc2)c2ccccc2[PH+](c2ccccc2)c2ccccc2)cc1. The van der Waals surface area contributed by atoms with Crippen molar-refractivity contribution in [2.75, 3.05) is 0 Å². The van der Waals surface area contributed by atoms with E-state index in [0.717, 1.165) is 21.9 Å². The van der Waals surface area contributed by atoms with Crippen LogP contribution in [-0.4, -0.2) is 0 Å². The van der Waals surface area contributed by atoms with E-state index in [2.05, 4.69) is 170 Å². The summed E-state index contributed by atoms with van der Waals surface area (Å²) < 4.78 is 0. The Morgan fingerprint density at radius 2 is 0.534 bits per heavy atom. The van der Waals surface area contributed by atoms with Crippen LogP contribution in [0.15, 0.2) is 231 Å². The molecule has 0 saturated carbocycles. The minimum atomic E-state index is -1.14. The van der Waals surface area contributed by atoms with E-state index < -0.39 is 15.8 Å². The standard InChI is InChI=1S/C30H24P2.2C12H7.2Au/c1-5-15-25(16-6-1)31(26-17-7-2-8-18-26)29-23-13-14-24-30(29)32(27-19-9-3-10-20-27)28-21-11-4-12-22-28;2*1-2-10-7-8-11-5-3-4-6-12(11)9-10;;/h1-24H;2*3-9H;;/q;2*-1;2*+1/p+2. The van der Waals surface area contributed by atoms with Gasteiger partial charge >= 0.3 is 44.8 Å². The Hall–Kier alpha value is -5.04. The fourth-order valence-corrected chi connectivity index (χ4v) is 12.8. The molecule has 0 N–H and O–H groups in total. The summed E-state index contributed by atoms with van der Waals surface area (Å²) in [6, 6.07) is 81.4. The van der Waals surface area contributed by atoms with Crippen molar-refractivity contribution in [3.05, 3.63) is 254 Å². The minimum absolute atomic E-state index is 0. The van der Waals surface area contributed by atoms with Crippen LogP contribution in [0.3, 0.4) is 0 Å². The van der Waals surface area contributed by atoms with Crippen molar-refractivity contribution in [2.24, 2.45) is 0 Å². The molecule has 0 aliphatic carbocycles. The van der Waals surface area contributed by atoms with Gasteiger partial charge in [0, 0.05) is 0 Å². The van der Waals surface area contributed by atoms with Crippen molar-refractivity contribution in [3.63, 3.8) is 0 Å². The molecule has 0 bridgehead atoms. The number of hydrogen-bond acceptors (Lipinski definition) is 0. The molecule has 0 nitrogen and oxygen atoms in total. The minimum Gasteiger partial charge on any atom is -0.366 e. The Morgan fingerprint density at radius 1 is 0.276 bits per heavy atom. The molecule has 0 amide bonds. The zero-order chi connectivity index (χ0) is 38.4. The first-order valence-electron chi connectivity index (χ1n) is 18.6. The van der Waals surface area contributed by atoms with Gasteiger partial charge in [-0.15, -0.1) is 35.4 Å². The van der Waals surface area contributed by atoms with Crippen molar-refractivity contribution in [1.82, 2.24) is 0 Å². The van der Waals surface area contributed by atoms with Crippen molar-refractivity contribution < 1.29 is 44.8 Å². The van der Waals surface area contributed by atoms with Gasteiger partial charge in [0.25, 0.3) is 0 Å². The number of rotatable bonds is 6. The van der Waals surface area contributed by atoms with Crippen molar-refractivity contribution >= 4 is 69.2 Å². The van der Waals surface area contributed by atoms with Gasteiger partial charge in [-0.3, -0.25) is 11.8 Å². The molecule has 0 fully saturated rings. The van der Waals surface area contributed by atoms with Crippen LogP contribution in [-0.2, 0) is 44.8 Å². The third-order valence-electron chi connectivity index (χ3n) is 9.50. The van der Waals surface area contributed by atoms with Crippen molar-refractivity contribution in [3.8, 4) is 11.8 Å². The van der Waals surface area contributed by atoms with E-state index in [1.54, 1.807) is 0 Å². The second-order valence-electron chi connectivity index (χ2n) is 13.1. The quantitative estimate of drug-likeness (QED) is 0.0674. The molecule has 0 aliphatic heterocycles. The van der Waals surface area contributed by atoms with Crippen LogP contribution in [0.5, 0.6) is 0 Å². The van der Waals surface area contributed by atoms with Crippen LogP contribution >= 0.6 is 15.8 Å². The number of fused-ring (bicyclic) bond motifs is 2. The summed E-state index contributed by atoms with van der Waals surface area (Å²) in [7, 11) is -2.28. The molecule has 9 aromatic rings. The van der Waals surface area contributed by atoms with E-state index in [4.69, 9.17) is 12.8 Å². The van der Waals surface area contributed by atoms with Crippen LogP contribution in [0, 0.1) is 24.7 Å². The van der Waals surface area contributed by atoms with Gasteiger partial charge < -0.3 is 12.8 Å². The molecule has 0 spiro atoms. The summed E-state index contributed by atoms with van der Waals surface area (Å²) in [5, 5.41) is 13.4. The Balaban J connectivity index is 0.000000201. The van der Waals surface area contributed by atoms with Crippen LogP contribution in [0.25, 0.3) is 21.5 Å². The summed E-state index contributed by atoms with van der Waals surface area (Å²) in [5.41, 5.74) is 1.66. The molecule has 58 heavy (non-hydrogen) atoms. The van der Waals surface area contributed by atoms with Crippen LogP contribution in [0.4, 0.5) is 0 Å². The Kier molecular flexibility index (Phi) is 17.3. The van der Waals surface area contributed by atoms with E-state index in [1.165, 1.54) is 42.6 Å². The summed E-state index contributed by atoms with van der Waals surface area (Å²) in [6.07, 6.45) is 13.9. The third kappa shape index (κ3) is 11.3. The Bertz CT molecular complexity index is 2450. The number of benzene rings is 9. The van der Waals surface area contributed by atoms with Gasteiger partial charge in [0.05, 0.1) is 0 Å². The molecule has 9 aromatic carbocycles. The summed E-state index contributed by atoms with van der Waals surface area (Å²) in [4.78, 5) is 0. The molecule has 0 saturated heterocycles. The van der Waals surface area contributed by atoms with E-state index in [1.807, 2.05) is 72.8 Å². The van der Waals surface area contributed by atoms with Gasteiger partial charge in [0.2, 0.25) is 0 Å². The average molecular weight is 1140 g/mol. The van der Waals surface area contributed by atoms with Gasteiger partial charge in [-0.2, -0.15) is 0 Å². The fraction of sp³-hybridized carbons (Fsp3) is 0. The molecule has 0 aromatic heterocycles. The molecule has 0 unspecified atom stereocenters. The predicted molar refractivity (Wildman–Crippen MR) is 247 cm³/mol. The predicted octanol–water partition coefficient (Wildman–Crippen LogP) is 10.2. The summed E-state index contributed by atoms with van der Waals surface area (Å²) >= 11 is 0. The van der Waals surface area contributed by atoms with Crippen LogP contribution < -0.4 is 31.8 Å². The zero-order valence-electron chi connectivity index (χ0n) is 31.5. The molecule has 4 heteroatoms. The first kappa shape index (κ1) is 44.1. The molecule has 0 radical (unpaired) electrons. The molecule has 0 heterocycles. The first-order chi connectivity index (χ1) is 27.7. The average Bonchev–Trinajstić information content (AvgIpc) is 3.28. The number of hydrogen-bond donors (Lipinski definition) is 0. The largest absolute Gasteiger partial charge is 1.00 e. The maximum absolute atomic E-state index is 6.97. The topological polar surface area (TPSA) is 0 Å². The third-order valence-corrected chi connectivity index (χ3v) is 15.3. The van der Waals surface area contributed by atoms with Gasteiger partial charge in [-0.1, -0.05) is 146 Å². The molecule has 286 valence electrons. The normalized spacial score (nSPS) is 10.1. The van der Waals surface area contributed by atoms with Gasteiger partial charge in [-0.05, 0) is 82.2 Å². The fourth-order valence-electron chi connectivity index (χ4n) is 6.83. The summed E-state index contributed by atoms with van der Waals surface area (Å²) in [5.74, 6) is 4.74. The van der Waals surface area contributed by atoms with Gasteiger partial charge in [0.15, 0.2) is 0 Å². The molecular weight excluding hydrogens is 1100 g/mol. The first-order valence-corrected chi connectivity index (χ1v) is 21.6. The maximum atomic E-state index is 6.97. The van der Waals surface area contributed by atoms with E-state index in [-0.39, 0.29) is 44.8 Å². The second kappa shape index (κ2) is 22.8. The Labute approximate surface area is 377 Å². The zero-order valence-corrected chi connectivity index (χ0v) is 37.9. The monoisotopic (exact) mass is 1140 g/mol. The Morgan fingerprint density at radius 3 is 0.828 bits per heavy atom. The van der Waals surface area contributed by atoms with E-state index in [9.17, 15) is 0 Å². The van der Waals surface area contributed by atoms with Crippen LogP contribution in [0.1, 0.15) is 11.1 Å². The van der Waals surface area contributed by atoms with Gasteiger partial charge in [0.1, 0.15) is 47.7 Å². The summed E-state index contributed by atoms with van der Waals surface area (Å²) in [6.45, 7) is 0. The second-order valence-corrected chi connectivity index (χ2v) is 18.0. The van der Waals surface area contributed by atoms with Crippen molar-refractivity contribution in [2.45, 2.75) is 0 Å². The van der Waals surface area contributed by atoms with E-state index in [0.29, 0.717) is 0 Å². The smallest absolute Gasteiger partial charge is 0.366 e.